The van der Waals surface area contributed by atoms with Gasteiger partial charge in [0.2, 0.25) is 0 Å². The first-order chi connectivity index (χ1) is 6.13. The molecule has 0 fully saturated rings. The Morgan fingerprint density at radius 2 is 2.15 bits per heavy atom. The van der Waals surface area contributed by atoms with Gasteiger partial charge in [0.05, 0.1) is 10.6 Å². The molecule has 2 heteroatoms. The van der Waals surface area contributed by atoms with Gasteiger partial charge >= 0.3 is 0 Å². The van der Waals surface area contributed by atoms with E-state index in [9.17, 15) is 0 Å². The van der Waals surface area contributed by atoms with Crippen molar-refractivity contribution in [2.45, 2.75) is 20.0 Å². The van der Waals surface area contributed by atoms with Gasteiger partial charge in [-0.2, -0.15) is 0 Å². The molecule has 0 heterocycles. The van der Waals surface area contributed by atoms with Gasteiger partial charge in [-0.1, -0.05) is 5.92 Å². The largest absolute Gasteiger partial charge is 0.490 e. The molecular formula is C11H11BrO. The van der Waals surface area contributed by atoms with Crippen molar-refractivity contribution in [2.75, 3.05) is 0 Å². The maximum atomic E-state index is 5.53. The third kappa shape index (κ3) is 2.78. The van der Waals surface area contributed by atoms with E-state index in [1.54, 1.807) is 0 Å². The molecule has 0 N–H and O–H groups in total. The molecule has 0 saturated carbocycles. The monoisotopic (exact) mass is 238 g/mol. The van der Waals surface area contributed by atoms with Crippen LogP contribution in [-0.4, -0.2) is 6.10 Å². The zero-order chi connectivity index (χ0) is 9.84. The molecule has 0 aliphatic heterocycles. The Morgan fingerprint density at radius 1 is 1.46 bits per heavy atom. The molecule has 0 saturated heterocycles. The van der Waals surface area contributed by atoms with Crippen LogP contribution in [0.4, 0.5) is 0 Å². The highest BCUT2D eigenvalue weighted by Crippen LogP contribution is 2.26. The van der Waals surface area contributed by atoms with Gasteiger partial charge in [0.25, 0.3) is 0 Å². The van der Waals surface area contributed by atoms with Crippen LogP contribution in [0.5, 0.6) is 5.75 Å². The van der Waals surface area contributed by atoms with E-state index in [1.807, 2.05) is 32.0 Å². The van der Waals surface area contributed by atoms with Gasteiger partial charge in [0, 0.05) is 5.56 Å². The van der Waals surface area contributed by atoms with Crippen molar-refractivity contribution in [3.8, 4) is 18.1 Å². The Morgan fingerprint density at radius 3 is 2.62 bits per heavy atom. The molecule has 0 aliphatic rings. The molecule has 1 rings (SSSR count). The van der Waals surface area contributed by atoms with E-state index < -0.39 is 0 Å². The van der Waals surface area contributed by atoms with Crippen LogP contribution in [0.3, 0.4) is 0 Å². The minimum absolute atomic E-state index is 0.174. The summed E-state index contributed by atoms with van der Waals surface area (Å²) in [6, 6.07) is 5.61. The third-order valence-electron chi connectivity index (χ3n) is 1.46. The standard InChI is InChI=1S/C11H11BrO/c1-4-9-5-6-11(10(12)7-9)13-8(2)3/h1,5-8H,2-3H3. The van der Waals surface area contributed by atoms with Gasteiger partial charge in [-0.25, -0.2) is 0 Å². The third-order valence-corrected chi connectivity index (χ3v) is 2.08. The first-order valence-corrected chi connectivity index (χ1v) is 4.85. The van der Waals surface area contributed by atoms with Crippen LogP contribution in [0.2, 0.25) is 0 Å². The van der Waals surface area contributed by atoms with Crippen LogP contribution in [-0.2, 0) is 0 Å². The molecular weight excluding hydrogens is 228 g/mol. The molecule has 0 atom stereocenters. The predicted molar refractivity (Wildman–Crippen MR) is 57.8 cm³/mol. The van der Waals surface area contributed by atoms with Gasteiger partial charge in [-0.3, -0.25) is 0 Å². The van der Waals surface area contributed by atoms with E-state index in [0.29, 0.717) is 0 Å². The molecule has 1 aromatic carbocycles. The molecule has 13 heavy (non-hydrogen) atoms. The number of ether oxygens (including phenoxy) is 1. The van der Waals surface area contributed by atoms with E-state index >= 15 is 0 Å². The number of terminal acetylenes is 1. The molecule has 1 aromatic rings. The Labute approximate surface area is 87.2 Å². The summed E-state index contributed by atoms with van der Waals surface area (Å²) >= 11 is 3.40. The summed E-state index contributed by atoms with van der Waals surface area (Å²) in [5, 5.41) is 0. The predicted octanol–water partition coefficient (Wildman–Crippen LogP) is 3.22. The normalized spacial score (nSPS) is 9.77. The fourth-order valence-electron chi connectivity index (χ4n) is 0.940. The van der Waals surface area contributed by atoms with Gasteiger partial charge in [0.1, 0.15) is 5.75 Å². The molecule has 0 unspecified atom stereocenters. The number of rotatable bonds is 2. The lowest BCUT2D eigenvalue weighted by atomic mass is 10.2. The molecule has 1 nitrogen and oxygen atoms in total. The molecule has 0 aromatic heterocycles. The fourth-order valence-corrected chi connectivity index (χ4v) is 1.41. The highest BCUT2D eigenvalue weighted by Gasteiger charge is 2.02. The lowest BCUT2D eigenvalue weighted by Gasteiger charge is -2.11. The van der Waals surface area contributed by atoms with Crippen LogP contribution < -0.4 is 4.74 Å². The number of benzene rings is 1. The minimum Gasteiger partial charge on any atom is -0.490 e. The maximum absolute atomic E-state index is 5.53. The van der Waals surface area contributed by atoms with Crippen LogP contribution >= 0.6 is 15.9 Å². The second kappa shape index (κ2) is 4.34. The zero-order valence-corrected chi connectivity index (χ0v) is 9.26. The van der Waals surface area contributed by atoms with E-state index in [4.69, 9.17) is 11.2 Å². The van der Waals surface area contributed by atoms with Crippen molar-refractivity contribution in [3.63, 3.8) is 0 Å². The van der Waals surface area contributed by atoms with Crippen LogP contribution in [0, 0.1) is 12.3 Å². The smallest absolute Gasteiger partial charge is 0.133 e. The lowest BCUT2D eigenvalue weighted by molar-refractivity contribution is 0.241. The van der Waals surface area contributed by atoms with E-state index in [2.05, 4.69) is 21.9 Å². The minimum atomic E-state index is 0.174. The molecule has 0 radical (unpaired) electrons. The summed E-state index contributed by atoms with van der Waals surface area (Å²) in [6.45, 7) is 3.98. The average molecular weight is 239 g/mol. The first kappa shape index (κ1) is 10.1. The highest BCUT2D eigenvalue weighted by atomic mass is 79.9. The van der Waals surface area contributed by atoms with Crippen LogP contribution in [0.25, 0.3) is 0 Å². The number of hydrogen-bond acceptors (Lipinski definition) is 1. The Balaban J connectivity index is 2.93. The van der Waals surface area contributed by atoms with Crippen molar-refractivity contribution >= 4 is 15.9 Å². The van der Waals surface area contributed by atoms with Crippen molar-refractivity contribution in [2.24, 2.45) is 0 Å². The van der Waals surface area contributed by atoms with E-state index in [-0.39, 0.29) is 6.10 Å². The molecule has 0 spiro atoms. The molecule has 68 valence electrons. The van der Waals surface area contributed by atoms with Gasteiger partial charge < -0.3 is 4.74 Å². The van der Waals surface area contributed by atoms with Crippen LogP contribution in [0.1, 0.15) is 19.4 Å². The number of hydrogen-bond donors (Lipinski definition) is 0. The number of halogens is 1. The van der Waals surface area contributed by atoms with Gasteiger partial charge in [-0.15, -0.1) is 6.42 Å². The summed E-state index contributed by atoms with van der Waals surface area (Å²) < 4.78 is 6.43. The van der Waals surface area contributed by atoms with Gasteiger partial charge in [0.15, 0.2) is 0 Å². The summed E-state index contributed by atoms with van der Waals surface area (Å²) in [6.07, 6.45) is 5.43. The zero-order valence-electron chi connectivity index (χ0n) is 7.67. The maximum Gasteiger partial charge on any atom is 0.133 e. The van der Waals surface area contributed by atoms with Crippen molar-refractivity contribution < 1.29 is 4.74 Å². The SMILES string of the molecule is C#Cc1ccc(OC(C)C)c(Br)c1. The molecule has 0 bridgehead atoms. The van der Waals surface area contributed by atoms with Crippen molar-refractivity contribution in [3.05, 3.63) is 28.2 Å². The summed E-state index contributed by atoms with van der Waals surface area (Å²) in [7, 11) is 0. The Hall–Kier alpha value is -0.940. The molecule has 0 aliphatic carbocycles. The quantitative estimate of drug-likeness (QED) is 0.720. The topological polar surface area (TPSA) is 9.23 Å². The highest BCUT2D eigenvalue weighted by molar-refractivity contribution is 9.10. The van der Waals surface area contributed by atoms with E-state index in [1.165, 1.54) is 0 Å². The average Bonchev–Trinajstić information content (AvgIpc) is 2.08. The van der Waals surface area contributed by atoms with E-state index in [0.717, 1.165) is 15.8 Å². The van der Waals surface area contributed by atoms with Crippen LogP contribution in [0.15, 0.2) is 22.7 Å². The second-order valence-corrected chi connectivity index (χ2v) is 3.81. The molecule has 0 amide bonds. The second-order valence-electron chi connectivity index (χ2n) is 2.96. The van der Waals surface area contributed by atoms with Gasteiger partial charge in [-0.05, 0) is 48.0 Å². The summed E-state index contributed by atoms with van der Waals surface area (Å²) in [4.78, 5) is 0. The lowest BCUT2D eigenvalue weighted by Crippen LogP contribution is -2.05. The Bertz CT molecular complexity index is 336. The summed E-state index contributed by atoms with van der Waals surface area (Å²) in [5.41, 5.74) is 0.850. The van der Waals surface area contributed by atoms with Crippen molar-refractivity contribution in [1.29, 1.82) is 0 Å². The fraction of sp³-hybridized carbons (Fsp3) is 0.273. The Kier molecular flexibility index (Phi) is 3.39. The first-order valence-electron chi connectivity index (χ1n) is 4.06. The van der Waals surface area contributed by atoms with Crippen molar-refractivity contribution in [1.82, 2.24) is 0 Å². The summed E-state index contributed by atoms with van der Waals surface area (Å²) in [5.74, 6) is 3.39.